The highest BCUT2D eigenvalue weighted by molar-refractivity contribution is 5.87. The molecule has 4 atom stereocenters. The van der Waals surface area contributed by atoms with Gasteiger partial charge in [-0.25, -0.2) is 4.98 Å². The van der Waals surface area contributed by atoms with Gasteiger partial charge in [-0.2, -0.15) is 9.97 Å². The van der Waals surface area contributed by atoms with Crippen LogP contribution < -0.4 is 16.8 Å². The fraction of sp³-hybridized carbons (Fsp3) is 0.538. The minimum Gasteiger partial charge on any atom is -0.394 e. The quantitative estimate of drug-likeness (QED) is 0.329. The van der Waals surface area contributed by atoms with Gasteiger partial charge in [0.25, 0.3) is 0 Å². The zero-order chi connectivity index (χ0) is 18.4. The molecule has 8 N–H and O–H groups in total. The SMILES string of the molecule is C[C@@]1(O)[C@H](O)[C@@H](CO)O[C@H]1n1cnc2c(NCC(N)=O)nc(N)nc21. The number of hydrogen-bond donors (Lipinski definition) is 6. The summed E-state index contributed by atoms with van der Waals surface area (Å²) in [7, 11) is 0. The zero-order valence-electron chi connectivity index (χ0n) is 13.3. The maximum absolute atomic E-state index is 11.0. The summed E-state index contributed by atoms with van der Waals surface area (Å²) < 4.78 is 6.92. The Balaban J connectivity index is 2.05. The molecule has 0 bridgehead atoms. The Kier molecular flexibility index (Phi) is 4.20. The van der Waals surface area contributed by atoms with Gasteiger partial charge in [-0.1, -0.05) is 0 Å². The summed E-state index contributed by atoms with van der Waals surface area (Å²) in [6, 6.07) is 0. The van der Waals surface area contributed by atoms with Crippen molar-refractivity contribution in [1.29, 1.82) is 0 Å². The number of hydrogen-bond acceptors (Lipinski definition) is 10. The van der Waals surface area contributed by atoms with Crippen molar-refractivity contribution < 1.29 is 24.9 Å². The largest absolute Gasteiger partial charge is 0.394 e. The Morgan fingerprint density at radius 1 is 1.52 bits per heavy atom. The van der Waals surface area contributed by atoms with Crippen molar-refractivity contribution in [2.24, 2.45) is 5.73 Å². The summed E-state index contributed by atoms with van der Waals surface area (Å²) in [5, 5.41) is 32.7. The van der Waals surface area contributed by atoms with Crippen LogP contribution in [0.3, 0.4) is 0 Å². The molecule has 1 fully saturated rings. The number of aromatic nitrogens is 4. The van der Waals surface area contributed by atoms with E-state index in [0.717, 1.165) is 0 Å². The number of imidazole rings is 1. The number of aliphatic hydroxyl groups is 3. The van der Waals surface area contributed by atoms with Gasteiger partial charge < -0.3 is 36.8 Å². The predicted octanol–water partition coefficient (Wildman–Crippen LogP) is -2.69. The van der Waals surface area contributed by atoms with Crippen LogP contribution in [0.2, 0.25) is 0 Å². The first-order valence-electron chi connectivity index (χ1n) is 7.44. The Hall–Kier alpha value is -2.54. The normalized spacial score (nSPS) is 29.2. The molecule has 1 amide bonds. The average molecular weight is 353 g/mol. The number of nitrogens with one attached hydrogen (secondary N) is 1. The first-order valence-corrected chi connectivity index (χ1v) is 7.44. The van der Waals surface area contributed by atoms with Crippen molar-refractivity contribution in [3.05, 3.63) is 6.33 Å². The lowest BCUT2D eigenvalue weighted by Gasteiger charge is -2.27. The summed E-state index contributed by atoms with van der Waals surface area (Å²) in [5.41, 5.74) is 9.58. The predicted molar refractivity (Wildman–Crippen MR) is 85.0 cm³/mol. The number of nitrogens with two attached hydrogens (primary N) is 2. The molecular formula is C13H19N7O5. The molecule has 12 heteroatoms. The molecule has 3 rings (SSSR count). The smallest absolute Gasteiger partial charge is 0.236 e. The second-order valence-corrected chi connectivity index (χ2v) is 5.95. The van der Waals surface area contributed by atoms with E-state index in [2.05, 4.69) is 20.3 Å². The lowest BCUT2D eigenvalue weighted by molar-refractivity contribution is -0.116. The van der Waals surface area contributed by atoms with Crippen LogP contribution in [-0.4, -0.2) is 71.7 Å². The van der Waals surface area contributed by atoms with Crippen molar-refractivity contribution in [2.75, 3.05) is 24.2 Å². The van der Waals surface area contributed by atoms with Gasteiger partial charge in [0.2, 0.25) is 11.9 Å². The third-order valence-electron chi connectivity index (χ3n) is 4.06. The van der Waals surface area contributed by atoms with Gasteiger partial charge in [0.1, 0.15) is 17.8 Å². The Labute approximate surface area is 141 Å². The highest BCUT2D eigenvalue weighted by atomic mass is 16.6. The summed E-state index contributed by atoms with van der Waals surface area (Å²) in [6.07, 6.45) is -2.02. The van der Waals surface area contributed by atoms with Crippen molar-refractivity contribution in [3.63, 3.8) is 0 Å². The molecule has 0 spiro atoms. The summed E-state index contributed by atoms with van der Waals surface area (Å²) in [4.78, 5) is 23.2. The summed E-state index contributed by atoms with van der Waals surface area (Å²) in [6.45, 7) is 0.727. The molecule has 0 aliphatic carbocycles. The Morgan fingerprint density at radius 2 is 2.24 bits per heavy atom. The molecule has 1 aliphatic heterocycles. The van der Waals surface area contributed by atoms with E-state index in [-0.39, 0.29) is 29.5 Å². The molecule has 2 aromatic rings. The molecule has 0 radical (unpaired) electrons. The number of nitrogen functional groups attached to an aromatic ring is 1. The number of amides is 1. The van der Waals surface area contributed by atoms with Crippen LogP contribution in [0, 0.1) is 0 Å². The van der Waals surface area contributed by atoms with Gasteiger partial charge in [-0.3, -0.25) is 9.36 Å². The third-order valence-corrected chi connectivity index (χ3v) is 4.06. The van der Waals surface area contributed by atoms with Crippen molar-refractivity contribution in [1.82, 2.24) is 19.5 Å². The second kappa shape index (κ2) is 6.07. The van der Waals surface area contributed by atoms with Gasteiger partial charge in [0, 0.05) is 0 Å². The lowest BCUT2D eigenvalue weighted by Crippen LogP contribution is -2.44. The highest BCUT2D eigenvalue weighted by Crippen LogP contribution is 2.39. The molecule has 136 valence electrons. The van der Waals surface area contributed by atoms with E-state index < -0.39 is 36.6 Å². The van der Waals surface area contributed by atoms with Gasteiger partial charge in [-0.15, -0.1) is 0 Å². The average Bonchev–Trinajstić information content (AvgIpc) is 3.04. The van der Waals surface area contributed by atoms with Crippen molar-refractivity contribution >= 4 is 28.8 Å². The number of aliphatic hydroxyl groups excluding tert-OH is 2. The molecule has 1 aliphatic rings. The Morgan fingerprint density at radius 3 is 2.84 bits per heavy atom. The molecule has 12 nitrogen and oxygen atoms in total. The maximum Gasteiger partial charge on any atom is 0.236 e. The fourth-order valence-corrected chi connectivity index (χ4v) is 2.79. The molecule has 25 heavy (non-hydrogen) atoms. The number of fused-ring (bicyclic) bond motifs is 1. The molecule has 3 heterocycles. The first-order chi connectivity index (χ1) is 11.8. The number of primary amides is 1. The van der Waals surface area contributed by atoms with Crippen LogP contribution in [-0.2, 0) is 9.53 Å². The zero-order valence-corrected chi connectivity index (χ0v) is 13.3. The van der Waals surface area contributed by atoms with E-state index in [9.17, 15) is 20.1 Å². The second-order valence-electron chi connectivity index (χ2n) is 5.95. The molecule has 1 saturated heterocycles. The van der Waals surface area contributed by atoms with Crippen LogP contribution >= 0.6 is 0 Å². The number of carbonyl (C=O) groups is 1. The fourth-order valence-electron chi connectivity index (χ4n) is 2.79. The minimum atomic E-state index is -1.71. The third kappa shape index (κ3) is 2.84. The number of ether oxygens (including phenoxy) is 1. The van der Waals surface area contributed by atoms with Gasteiger partial charge in [0.05, 0.1) is 19.5 Å². The van der Waals surface area contributed by atoms with Crippen LogP contribution in [0.15, 0.2) is 6.33 Å². The van der Waals surface area contributed by atoms with E-state index >= 15 is 0 Å². The lowest BCUT2D eigenvalue weighted by atomic mass is 9.96. The first kappa shape index (κ1) is 17.3. The highest BCUT2D eigenvalue weighted by Gasteiger charge is 2.53. The molecule has 0 aromatic carbocycles. The van der Waals surface area contributed by atoms with E-state index in [0.29, 0.717) is 0 Å². The van der Waals surface area contributed by atoms with Crippen LogP contribution in [0.4, 0.5) is 11.8 Å². The number of carbonyl (C=O) groups excluding carboxylic acids is 1. The minimum absolute atomic E-state index is 0.0990. The molecule has 0 saturated carbocycles. The number of rotatable bonds is 5. The van der Waals surface area contributed by atoms with Gasteiger partial charge in [-0.05, 0) is 6.92 Å². The Bertz CT molecular complexity index is 807. The topological polar surface area (TPSA) is 195 Å². The monoisotopic (exact) mass is 353 g/mol. The van der Waals surface area contributed by atoms with E-state index in [1.807, 2.05) is 0 Å². The molecule has 0 unspecified atom stereocenters. The van der Waals surface area contributed by atoms with Gasteiger partial charge in [0.15, 0.2) is 23.2 Å². The maximum atomic E-state index is 11.0. The van der Waals surface area contributed by atoms with Crippen LogP contribution in [0.25, 0.3) is 11.2 Å². The van der Waals surface area contributed by atoms with Crippen molar-refractivity contribution in [2.45, 2.75) is 31.0 Å². The summed E-state index contributed by atoms with van der Waals surface area (Å²) in [5.74, 6) is -0.504. The number of anilines is 2. The van der Waals surface area contributed by atoms with Crippen LogP contribution in [0.1, 0.15) is 13.2 Å². The number of nitrogens with zero attached hydrogens (tertiary/aromatic N) is 4. The van der Waals surface area contributed by atoms with Gasteiger partial charge >= 0.3 is 0 Å². The van der Waals surface area contributed by atoms with E-state index in [1.165, 1.54) is 17.8 Å². The molecule has 2 aromatic heterocycles. The van der Waals surface area contributed by atoms with Crippen molar-refractivity contribution in [3.8, 4) is 0 Å². The van der Waals surface area contributed by atoms with E-state index in [4.69, 9.17) is 16.2 Å². The summed E-state index contributed by atoms with van der Waals surface area (Å²) >= 11 is 0. The standard InChI is InChI=1S/C13H19N7O5/c1-13(24)8(23)5(3-21)25-11(13)20-4-17-7-9(16-2-6(14)22)18-12(15)19-10(7)20/h4-5,8,11,21,23-24H,2-3H2,1H3,(H2,14,22)(H3,15,16,18,19)/t5-,8-,11-,13-/m1/s1. The van der Waals surface area contributed by atoms with E-state index in [1.54, 1.807) is 0 Å². The van der Waals surface area contributed by atoms with Crippen LogP contribution in [0.5, 0.6) is 0 Å². The molecular weight excluding hydrogens is 334 g/mol.